The highest BCUT2D eigenvalue weighted by Crippen LogP contribution is 2.20. The molecule has 0 aliphatic carbocycles. The fourth-order valence-corrected chi connectivity index (χ4v) is 1.59. The maximum absolute atomic E-state index is 11.6. The average Bonchev–Trinajstić information content (AvgIpc) is 2.49. The van der Waals surface area contributed by atoms with Crippen molar-refractivity contribution in [3.8, 4) is 5.75 Å². The van der Waals surface area contributed by atoms with Crippen LogP contribution in [0.25, 0.3) is 0 Å². The molecule has 1 aromatic heterocycles. The lowest BCUT2D eigenvalue weighted by Gasteiger charge is -2.09. The van der Waals surface area contributed by atoms with E-state index in [1.54, 1.807) is 18.2 Å². The first kappa shape index (κ1) is 15.8. The number of aryl methyl sites for hydroxylation is 2. The van der Waals surface area contributed by atoms with Crippen LogP contribution in [0.15, 0.2) is 23.0 Å². The third-order valence-corrected chi connectivity index (χ3v) is 3.10. The predicted octanol–water partition coefficient (Wildman–Crippen LogP) is 0.957. The van der Waals surface area contributed by atoms with Crippen molar-refractivity contribution in [2.75, 3.05) is 12.0 Å². The Labute approximate surface area is 130 Å². The highest BCUT2D eigenvalue weighted by molar-refractivity contribution is 6.31. The maximum atomic E-state index is 11.6. The van der Waals surface area contributed by atoms with Crippen LogP contribution in [-0.4, -0.2) is 27.7 Å². The fraction of sp³-hybridized carbons (Fsp3) is 0.231. The largest absolute Gasteiger partial charge is 0.484 e. The van der Waals surface area contributed by atoms with Gasteiger partial charge in [-0.2, -0.15) is 0 Å². The summed E-state index contributed by atoms with van der Waals surface area (Å²) in [5.41, 5.74) is 5.47. The van der Waals surface area contributed by atoms with Crippen LogP contribution in [-0.2, 0) is 4.79 Å². The second-order valence-corrected chi connectivity index (χ2v) is 4.87. The quantitative estimate of drug-likeness (QED) is 0.707. The van der Waals surface area contributed by atoms with Gasteiger partial charge in [0.1, 0.15) is 11.4 Å². The zero-order valence-corrected chi connectivity index (χ0v) is 12.7. The van der Waals surface area contributed by atoms with E-state index in [2.05, 4.69) is 26.0 Å². The van der Waals surface area contributed by atoms with E-state index >= 15 is 0 Å². The number of carbonyl (C=O) groups excluding carboxylic acids is 1. The molecule has 1 heterocycles. The molecule has 0 saturated heterocycles. The molecule has 0 bridgehead atoms. The van der Waals surface area contributed by atoms with Crippen LogP contribution in [0.4, 0.5) is 5.95 Å². The first-order valence-corrected chi connectivity index (χ1v) is 6.71. The predicted molar refractivity (Wildman–Crippen MR) is 80.8 cm³/mol. The van der Waals surface area contributed by atoms with Gasteiger partial charge >= 0.3 is 0 Å². The Morgan fingerprint density at radius 2 is 2.14 bits per heavy atom. The molecule has 0 radical (unpaired) electrons. The molecule has 0 aliphatic rings. The highest BCUT2D eigenvalue weighted by atomic mass is 35.5. The molecule has 8 nitrogen and oxygen atoms in total. The maximum Gasteiger partial charge on any atom is 0.276 e. The molecule has 116 valence electrons. The number of hydrogen-bond donors (Lipinski definition) is 3. The Morgan fingerprint density at radius 1 is 1.36 bits per heavy atom. The highest BCUT2D eigenvalue weighted by Gasteiger charge is 2.05. The van der Waals surface area contributed by atoms with Gasteiger partial charge in [0.15, 0.2) is 6.61 Å². The van der Waals surface area contributed by atoms with E-state index in [1.165, 1.54) is 6.92 Å². The van der Waals surface area contributed by atoms with E-state index in [9.17, 15) is 9.59 Å². The van der Waals surface area contributed by atoms with Gasteiger partial charge in [-0.25, -0.2) is 0 Å². The van der Waals surface area contributed by atoms with Crippen LogP contribution in [0, 0.1) is 13.8 Å². The van der Waals surface area contributed by atoms with Gasteiger partial charge in [-0.3, -0.25) is 25.4 Å². The van der Waals surface area contributed by atoms with Crippen molar-refractivity contribution in [1.82, 2.24) is 20.6 Å². The van der Waals surface area contributed by atoms with Gasteiger partial charge in [-0.05, 0) is 37.6 Å². The number of nitrogens with zero attached hydrogens (tertiary/aromatic N) is 2. The Bertz CT molecular complexity index is 747. The minimum absolute atomic E-state index is 0.0336. The molecule has 3 N–H and O–H groups in total. The van der Waals surface area contributed by atoms with Gasteiger partial charge in [0.05, 0.1) is 0 Å². The number of amides is 1. The first-order chi connectivity index (χ1) is 10.5. The number of carbonyl (C=O) groups is 1. The zero-order chi connectivity index (χ0) is 16.1. The molecule has 1 aromatic carbocycles. The second kappa shape index (κ2) is 6.90. The van der Waals surface area contributed by atoms with Crippen LogP contribution in [0.2, 0.25) is 5.02 Å². The van der Waals surface area contributed by atoms with E-state index in [4.69, 9.17) is 16.3 Å². The third-order valence-electron chi connectivity index (χ3n) is 2.68. The molecule has 0 saturated carbocycles. The second-order valence-electron chi connectivity index (χ2n) is 4.46. The van der Waals surface area contributed by atoms with Gasteiger partial charge < -0.3 is 4.74 Å². The smallest absolute Gasteiger partial charge is 0.276 e. The Morgan fingerprint density at radius 3 is 2.82 bits per heavy atom. The molecule has 0 atom stereocenters. The normalized spacial score (nSPS) is 10.1. The zero-order valence-electron chi connectivity index (χ0n) is 11.9. The third kappa shape index (κ3) is 4.19. The number of hydrazine groups is 1. The number of halogens is 1. The SMILES string of the molecule is Cc1cc(OCC(=O)NNc2nnc(C)c(=O)[nH]2)ccc1Cl. The molecular formula is C13H14ClN5O3. The summed E-state index contributed by atoms with van der Waals surface area (Å²) in [6.07, 6.45) is 0. The van der Waals surface area contributed by atoms with Crippen molar-refractivity contribution < 1.29 is 9.53 Å². The van der Waals surface area contributed by atoms with Crippen molar-refractivity contribution in [1.29, 1.82) is 0 Å². The average molecular weight is 324 g/mol. The first-order valence-electron chi connectivity index (χ1n) is 6.33. The van der Waals surface area contributed by atoms with Crippen LogP contribution in [0.3, 0.4) is 0 Å². The Balaban J connectivity index is 1.83. The molecule has 0 spiro atoms. The summed E-state index contributed by atoms with van der Waals surface area (Å²) in [6.45, 7) is 3.15. The number of rotatable bonds is 5. The number of H-pyrrole nitrogens is 1. The number of nitrogens with one attached hydrogen (secondary N) is 3. The Hall–Kier alpha value is -2.61. The van der Waals surface area contributed by atoms with Crippen LogP contribution in [0.1, 0.15) is 11.3 Å². The van der Waals surface area contributed by atoms with E-state index in [0.29, 0.717) is 10.8 Å². The molecule has 0 fully saturated rings. The van der Waals surface area contributed by atoms with Gasteiger partial charge in [-0.15, -0.1) is 10.2 Å². The van der Waals surface area contributed by atoms with Crippen molar-refractivity contribution in [3.05, 3.63) is 44.8 Å². The number of ether oxygens (including phenoxy) is 1. The Kier molecular flexibility index (Phi) is 4.95. The molecule has 0 aliphatic heterocycles. The summed E-state index contributed by atoms with van der Waals surface area (Å²) < 4.78 is 5.32. The minimum atomic E-state index is -0.448. The van der Waals surface area contributed by atoms with Crippen molar-refractivity contribution in [2.24, 2.45) is 0 Å². The van der Waals surface area contributed by atoms with E-state index in [1.807, 2.05) is 6.92 Å². The molecule has 9 heteroatoms. The molecule has 2 aromatic rings. The van der Waals surface area contributed by atoms with Crippen LogP contribution >= 0.6 is 11.6 Å². The topological polar surface area (TPSA) is 109 Å². The van der Waals surface area contributed by atoms with Crippen LogP contribution in [0.5, 0.6) is 5.75 Å². The summed E-state index contributed by atoms with van der Waals surface area (Å²) in [6, 6.07) is 5.08. The summed E-state index contributed by atoms with van der Waals surface area (Å²) in [4.78, 5) is 25.3. The summed E-state index contributed by atoms with van der Waals surface area (Å²) >= 11 is 5.90. The van der Waals surface area contributed by atoms with Crippen molar-refractivity contribution >= 4 is 23.5 Å². The van der Waals surface area contributed by atoms with E-state index < -0.39 is 5.91 Å². The van der Waals surface area contributed by atoms with Crippen molar-refractivity contribution in [2.45, 2.75) is 13.8 Å². The molecule has 0 unspecified atom stereocenters. The summed E-state index contributed by atoms with van der Waals surface area (Å²) in [7, 11) is 0. The van der Waals surface area contributed by atoms with Gasteiger partial charge in [-0.1, -0.05) is 11.6 Å². The molecular weight excluding hydrogens is 310 g/mol. The molecule has 2 rings (SSSR count). The van der Waals surface area contributed by atoms with Crippen LogP contribution < -0.4 is 21.1 Å². The van der Waals surface area contributed by atoms with E-state index in [0.717, 1.165) is 5.56 Å². The number of aromatic amines is 1. The van der Waals surface area contributed by atoms with Gasteiger partial charge in [0.2, 0.25) is 5.95 Å². The lowest BCUT2D eigenvalue weighted by molar-refractivity contribution is -0.122. The number of hydrogen-bond acceptors (Lipinski definition) is 6. The summed E-state index contributed by atoms with van der Waals surface area (Å²) in [5.74, 6) is 0.114. The number of anilines is 1. The standard InChI is InChI=1S/C13H14ClN5O3/c1-7-5-9(3-4-10(7)14)22-6-11(20)17-19-13-15-12(21)8(2)16-18-13/h3-5H,6H2,1-2H3,(H,17,20)(H2,15,18,19,21). The molecule has 1 amide bonds. The summed E-state index contributed by atoms with van der Waals surface area (Å²) in [5, 5.41) is 7.91. The van der Waals surface area contributed by atoms with E-state index in [-0.39, 0.29) is 23.8 Å². The number of benzene rings is 1. The lowest BCUT2D eigenvalue weighted by Crippen LogP contribution is -2.35. The monoisotopic (exact) mass is 323 g/mol. The lowest BCUT2D eigenvalue weighted by atomic mass is 10.2. The minimum Gasteiger partial charge on any atom is -0.484 e. The fourth-order valence-electron chi connectivity index (χ4n) is 1.47. The number of aromatic nitrogens is 3. The van der Waals surface area contributed by atoms with Gasteiger partial charge in [0, 0.05) is 5.02 Å². The van der Waals surface area contributed by atoms with Crippen molar-refractivity contribution in [3.63, 3.8) is 0 Å². The van der Waals surface area contributed by atoms with Gasteiger partial charge in [0.25, 0.3) is 11.5 Å². The molecule has 22 heavy (non-hydrogen) atoms.